The molecule has 3 rings (SSSR count). The van der Waals surface area contributed by atoms with Crippen LogP contribution in [0.3, 0.4) is 0 Å². The minimum Gasteiger partial charge on any atom is -0.451 e. The lowest BCUT2D eigenvalue weighted by Crippen LogP contribution is -2.19. The number of hydrogen-bond donors (Lipinski definition) is 1. The molecule has 112 valence electrons. The molecule has 0 saturated heterocycles. The van der Waals surface area contributed by atoms with E-state index in [9.17, 15) is 0 Å². The summed E-state index contributed by atoms with van der Waals surface area (Å²) in [6.45, 7) is 2.57. The number of nitrogen functional groups attached to an aromatic ring is 1. The molecule has 0 unspecified atom stereocenters. The van der Waals surface area contributed by atoms with Crippen molar-refractivity contribution in [2.24, 2.45) is 0 Å². The van der Waals surface area contributed by atoms with Crippen molar-refractivity contribution in [2.75, 3.05) is 10.6 Å². The van der Waals surface area contributed by atoms with Gasteiger partial charge in [0.05, 0.1) is 12.2 Å². The quantitative estimate of drug-likeness (QED) is 0.768. The number of anilines is 3. The first-order valence-electron chi connectivity index (χ1n) is 6.63. The molecule has 6 nitrogen and oxygen atoms in total. The van der Waals surface area contributed by atoms with Gasteiger partial charge in [0.1, 0.15) is 12.1 Å². The van der Waals surface area contributed by atoms with Gasteiger partial charge in [-0.25, -0.2) is 9.97 Å². The molecule has 2 aromatic heterocycles. The van der Waals surface area contributed by atoms with E-state index in [1.807, 2.05) is 30.0 Å². The smallest absolute Gasteiger partial charge is 0.221 e. The minimum atomic E-state index is 0.234. The number of nitrogens with zero attached hydrogens (tertiary/aromatic N) is 4. The Morgan fingerprint density at radius 2 is 2.14 bits per heavy atom. The summed E-state index contributed by atoms with van der Waals surface area (Å²) in [5.74, 6) is 0.943. The maximum atomic E-state index is 5.72. The van der Waals surface area contributed by atoms with Crippen LogP contribution in [0.1, 0.15) is 11.3 Å². The summed E-state index contributed by atoms with van der Waals surface area (Å²) >= 11 is 3.48. The highest BCUT2D eigenvalue weighted by Gasteiger charge is 2.15. The average molecular weight is 360 g/mol. The van der Waals surface area contributed by atoms with Gasteiger partial charge in [-0.1, -0.05) is 15.9 Å². The van der Waals surface area contributed by atoms with Crippen LogP contribution in [0, 0.1) is 6.92 Å². The van der Waals surface area contributed by atoms with E-state index in [-0.39, 0.29) is 5.95 Å². The topological polar surface area (TPSA) is 81.1 Å². The summed E-state index contributed by atoms with van der Waals surface area (Å²) in [5.41, 5.74) is 8.65. The first-order valence-corrected chi connectivity index (χ1v) is 7.42. The Kier molecular flexibility index (Phi) is 4.06. The van der Waals surface area contributed by atoms with Gasteiger partial charge in [-0.15, -0.1) is 0 Å². The van der Waals surface area contributed by atoms with Crippen LogP contribution < -0.4 is 10.6 Å². The lowest BCUT2D eigenvalue weighted by atomic mass is 10.1. The second-order valence-corrected chi connectivity index (χ2v) is 5.69. The highest BCUT2D eigenvalue weighted by Crippen LogP contribution is 2.30. The lowest BCUT2D eigenvalue weighted by molar-refractivity contribution is 0.556. The molecule has 0 saturated carbocycles. The number of nitrogens with two attached hydrogens (primary N) is 1. The number of rotatable bonds is 4. The Balaban J connectivity index is 2.05. The highest BCUT2D eigenvalue weighted by molar-refractivity contribution is 9.10. The van der Waals surface area contributed by atoms with E-state index in [0.717, 1.165) is 21.4 Å². The summed E-state index contributed by atoms with van der Waals surface area (Å²) in [6.07, 6.45) is 4.67. The van der Waals surface area contributed by atoms with E-state index < -0.39 is 0 Å². The predicted octanol–water partition coefficient (Wildman–Crippen LogP) is 3.46. The monoisotopic (exact) mass is 359 g/mol. The van der Waals surface area contributed by atoms with Crippen molar-refractivity contribution in [3.05, 3.63) is 58.8 Å². The predicted molar refractivity (Wildman–Crippen MR) is 87.7 cm³/mol. The zero-order chi connectivity index (χ0) is 15.5. The van der Waals surface area contributed by atoms with Gasteiger partial charge in [-0.05, 0) is 36.8 Å². The van der Waals surface area contributed by atoms with Crippen LogP contribution in [0.4, 0.5) is 17.5 Å². The standard InChI is InChI=1S/C15H14BrN5O/c1-10-6-11(16)2-3-13(10)21(7-12-8-22-9-19-12)14-4-5-18-15(17)20-14/h2-6,8-9H,7H2,1H3,(H2,17,18,20). The fourth-order valence-corrected chi connectivity index (χ4v) is 2.68. The SMILES string of the molecule is Cc1cc(Br)ccc1N(Cc1cocn1)c1ccnc(N)n1. The van der Waals surface area contributed by atoms with Crippen molar-refractivity contribution in [1.82, 2.24) is 15.0 Å². The van der Waals surface area contributed by atoms with Crippen molar-refractivity contribution < 1.29 is 4.42 Å². The maximum absolute atomic E-state index is 5.72. The molecule has 0 bridgehead atoms. The molecule has 0 aliphatic carbocycles. The fraction of sp³-hybridized carbons (Fsp3) is 0.133. The number of benzene rings is 1. The Labute approximate surface area is 136 Å². The summed E-state index contributed by atoms with van der Waals surface area (Å²) < 4.78 is 6.08. The molecule has 0 aliphatic heterocycles. The number of aryl methyl sites for hydroxylation is 1. The zero-order valence-corrected chi connectivity index (χ0v) is 13.5. The Hall–Kier alpha value is -2.41. The molecular formula is C15H14BrN5O. The molecule has 3 aromatic rings. The Bertz CT molecular complexity index is 775. The molecule has 7 heteroatoms. The maximum Gasteiger partial charge on any atom is 0.221 e. The molecule has 0 amide bonds. The second-order valence-electron chi connectivity index (χ2n) is 4.77. The van der Waals surface area contributed by atoms with Crippen LogP contribution in [0.5, 0.6) is 0 Å². The van der Waals surface area contributed by atoms with Crippen LogP contribution in [-0.4, -0.2) is 15.0 Å². The molecule has 1 aromatic carbocycles. The van der Waals surface area contributed by atoms with E-state index in [1.165, 1.54) is 6.39 Å². The fourth-order valence-electron chi connectivity index (χ4n) is 2.20. The molecule has 0 spiro atoms. The normalized spacial score (nSPS) is 10.6. The first kappa shape index (κ1) is 14.5. The van der Waals surface area contributed by atoms with Crippen molar-refractivity contribution >= 4 is 33.4 Å². The van der Waals surface area contributed by atoms with Crippen molar-refractivity contribution in [3.8, 4) is 0 Å². The van der Waals surface area contributed by atoms with E-state index in [2.05, 4.69) is 36.9 Å². The van der Waals surface area contributed by atoms with Crippen molar-refractivity contribution in [3.63, 3.8) is 0 Å². The zero-order valence-electron chi connectivity index (χ0n) is 11.9. The molecule has 22 heavy (non-hydrogen) atoms. The summed E-state index contributed by atoms with van der Waals surface area (Å²) in [7, 11) is 0. The van der Waals surface area contributed by atoms with Crippen LogP contribution in [0.15, 0.2) is 52.0 Å². The number of oxazole rings is 1. The first-order chi connectivity index (χ1) is 10.6. The van der Waals surface area contributed by atoms with Gasteiger partial charge in [0.15, 0.2) is 6.39 Å². The third-order valence-electron chi connectivity index (χ3n) is 3.19. The molecule has 0 aliphatic rings. The second kappa shape index (κ2) is 6.15. The van der Waals surface area contributed by atoms with E-state index in [1.54, 1.807) is 12.5 Å². The molecule has 0 radical (unpaired) electrons. The van der Waals surface area contributed by atoms with Gasteiger partial charge in [0.2, 0.25) is 5.95 Å². The third kappa shape index (κ3) is 3.09. The van der Waals surface area contributed by atoms with Gasteiger partial charge in [0.25, 0.3) is 0 Å². The van der Waals surface area contributed by atoms with Crippen LogP contribution >= 0.6 is 15.9 Å². The van der Waals surface area contributed by atoms with Gasteiger partial charge in [-0.2, -0.15) is 4.98 Å². The van der Waals surface area contributed by atoms with E-state index in [4.69, 9.17) is 10.2 Å². The largest absolute Gasteiger partial charge is 0.451 e. The van der Waals surface area contributed by atoms with Crippen molar-refractivity contribution in [2.45, 2.75) is 13.5 Å². The highest BCUT2D eigenvalue weighted by atomic mass is 79.9. The number of halogens is 1. The van der Waals surface area contributed by atoms with Gasteiger partial charge >= 0.3 is 0 Å². The van der Waals surface area contributed by atoms with Crippen LogP contribution in [0.2, 0.25) is 0 Å². The number of aromatic nitrogens is 3. The molecule has 2 N–H and O–H groups in total. The Morgan fingerprint density at radius 1 is 1.27 bits per heavy atom. The molecule has 0 fully saturated rings. The average Bonchev–Trinajstić information content (AvgIpc) is 2.98. The number of hydrogen-bond acceptors (Lipinski definition) is 6. The van der Waals surface area contributed by atoms with E-state index in [0.29, 0.717) is 12.4 Å². The third-order valence-corrected chi connectivity index (χ3v) is 3.68. The molecule has 2 heterocycles. The molecular weight excluding hydrogens is 346 g/mol. The van der Waals surface area contributed by atoms with Gasteiger partial charge in [-0.3, -0.25) is 0 Å². The van der Waals surface area contributed by atoms with Gasteiger partial charge < -0.3 is 15.1 Å². The minimum absolute atomic E-state index is 0.234. The summed E-state index contributed by atoms with van der Waals surface area (Å²) in [4.78, 5) is 14.5. The summed E-state index contributed by atoms with van der Waals surface area (Å²) in [5, 5.41) is 0. The molecule has 0 atom stereocenters. The van der Waals surface area contributed by atoms with Crippen LogP contribution in [-0.2, 0) is 6.54 Å². The Morgan fingerprint density at radius 3 is 2.82 bits per heavy atom. The summed E-state index contributed by atoms with van der Waals surface area (Å²) in [6, 6.07) is 7.88. The van der Waals surface area contributed by atoms with Crippen molar-refractivity contribution in [1.29, 1.82) is 0 Å². The van der Waals surface area contributed by atoms with Gasteiger partial charge in [0, 0.05) is 16.4 Å². The lowest BCUT2D eigenvalue weighted by Gasteiger charge is -2.24. The van der Waals surface area contributed by atoms with Crippen LogP contribution in [0.25, 0.3) is 0 Å². The van der Waals surface area contributed by atoms with E-state index >= 15 is 0 Å².